The van der Waals surface area contributed by atoms with Crippen LogP contribution >= 0.6 is 15.9 Å². The monoisotopic (exact) mass is 280 g/mol. The van der Waals surface area contributed by atoms with Crippen molar-refractivity contribution in [3.05, 3.63) is 33.8 Å². The SMILES string of the molecule is CCC(C#N)NC(=O)c1ccc(Br)c(C)c1. The normalized spacial score (nSPS) is 11.6. The van der Waals surface area contributed by atoms with Crippen molar-refractivity contribution in [3.63, 3.8) is 0 Å². The van der Waals surface area contributed by atoms with Crippen molar-refractivity contribution in [1.82, 2.24) is 5.32 Å². The van der Waals surface area contributed by atoms with Gasteiger partial charge in [0.25, 0.3) is 5.91 Å². The molecule has 0 aliphatic heterocycles. The molecule has 0 bridgehead atoms. The first-order valence-corrected chi connectivity index (χ1v) is 5.84. The fourth-order valence-corrected chi connectivity index (χ4v) is 1.50. The van der Waals surface area contributed by atoms with Gasteiger partial charge in [0, 0.05) is 10.0 Å². The van der Waals surface area contributed by atoms with Crippen LogP contribution < -0.4 is 5.32 Å². The molecule has 84 valence electrons. The molecule has 1 rings (SSSR count). The lowest BCUT2D eigenvalue weighted by Crippen LogP contribution is -2.33. The predicted molar refractivity (Wildman–Crippen MR) is 66.0 cm³/mol. The Morgan fingerprint density at radius 1 is 1.62 bits per heavy atom. The van der Waals surface area contributed by atoms with E-state index >= 15 is 0 Å². The Labute approximate surface area is 104 Å². The number of amides is 1. The van der Waals surface area contributed by atoms with Crippen LogP contribution in [0.15, 0.2) is 22.7 Å². The van der Waals surface area contributed by atoms with E-state index in [1.807, 2.05) is 26.0 Å². The van der Waals surface area contributed by atoms with Gasteiger partial charge in [0.1, 0.15) is 6.04 Å². The van der Waals surface area contributed by atoms with Crippen molar-refractivity contribution in [2.24, 2.45) is 0 Å². The van der Waals surface area contributed by atoms with Gasteiger partial charge < -0.3 is 5.32 Å². The second-order valence-corrected chi connectivity index (χ2v) is 4.38. The molecule has 0 saturated heterocycles. The first kappa shape index (κ1) is 12.7. The number of carbonyl (C=O) groups excluding carboxylic acids is 1. The molecule has 0 aliphatic rings. The zero-order valence-electron chi connectivity index (χ0n) is 9.25. The second kappa shape index (κ2) is 5.66. The molecule has 1 aromatic carbocycles. The number of nitriles is 1. The van der Waals surface area contributed by atoms with Crippen molar-refractivity contribution >= 4 is 21.8 Å². The van der Waals surface area contributed by atoms with Gasteiger partial charge >= 0.3 is 0 Å². The van der Waals surface area contributed by atoms with E-state index in [1.165, 1.54) is 0 Å². The molecule has 0 aliphatic carbocycles. The summed E-state index contributed by atoms with van der Waals surface area (Å²) in [6.45, 7) is 3.78. The first-order valence-electron chi connectivity index (χ1n) is 5.05. The van der Waals surface area contributed by atoms with Crippen LogP contribution in [0.3, 0.4) is 0 Å². The average molecular weight is 281 g/mol. The molecule has 0 radical (unpaired) electrons. The standard InChI is InChI=1S/C12H13BrN2O/c1-3-10(7-14)15-12(16)9-4-5-11(13)8(2)6-9/h4-6,10H,3H2,1-2H3,(H,15,16). The highest BCUT2D eigenvalue weighted by Gasteiger charge is 2.11. The smallest absolute Gasteiger partial charge is 0.252 e. The Kier molecular flexibility index (Phi) is 4.51. The minimum absolute atomic E-state index is 0.205. The number of nitrogens with one attached hydrogen (secondary N) is 1. The lowest BCUT2D eigenvalue weighted by molar-refractivity contribution is 0.0944. The van der Waals surface area contributed by atoms with Crippen molar-refractivity contribution < 1.29 is 4.79 Å². The molecule has 1 amide bonds. The van der Waals surface area contributed by atoms with Gasteiger partial charge in [0.2, 0.25) is 0 Å². The van der Waals surface area contributed by atoms with E-state index < -0.39 is 6.04 Å². The Hall–Kier alpha value is -1.34. The van der Waals surface area contributed by atoms with E-state index in [0.717, 1.165) is 10.0 Å². The average Bonchev–Trinajstić information content (AvgIpc) is 2.29. The number of hydrogen-bond acceptors (Lipinski definition) is 2. The van der Waals surface area contributed by atoms with Gasteiger partial charge in [-0.3, -0.25) is 4.79 Å². The van der Waals surface area contributed by atoms with Gasteiger partial charge in [-0.1, -0.05) is 22.9 Å². The molecule has 16 heavy (non-hydrogen) atoms. The second-order valence-electron chi connectivity index (χ2n) is 3.53. The number of rotatable bonds is 3. The number of nitrogens with zero attached hydrogens (tertiary/aromatic N) is 1. The maximum atomic E-state index is 11.8. The summed E-state index contributed by atoms with van der Waals surface area (Å²) < 4.78 is 0.969. The number of carbonyl (C=O) groups is 1. The molecule has 1 unspecified atom stereocenters. The van der Waals surface area contributed by atoms with Crippen LogP contribution in [0, 0.1) is 18.3 Å². The maximum Gasteiger partial charge on any atom is 0.252 e. The minimum atomic E-state index is -0.420. The number of hydrogen-bond donors (Lipinski definition) is 1. The Morgan fingerprint density at radius 3 is 2.81 bits per heavy atom. The third kappa shape index (κ3) is 3.07. The Bertz CT molecular complexity index is 437. The fraction of sp³-hybridized carbons (Fsp3) is 0.333. The zero-order valence-corrected chi connectivity index (χ0v) is 10.8. The van der Waals surface area contributed by atoms with Gasteiger partial charge in [0.05, 0.1) is 6.07 Å². The summed E-state index contributed by atoms with van der Waals surface area (Å²) in [4.78, 5) is 11.8. The van der Waals surface area contributed by atoms with Gasteiger partial charge in [0.15, 0.2) is 0 Å². The van der Waals surface area contributed by atoms with E-state index in [1.54, 1.807) is 12.1 Å². The molecule has 0 heterocycles. The highest BCUT2D eigenvalue weighted by atomic mass is 79.9. The highest BCUT2D eigenvalue weighted by molar-refractivity contribution is 9.10. The van der Waals surface area contributed by atoms with Gasteiger partial charge in [-0.2, -0.15) is 5.26 Å². The summed E-state index contributed by atoms with van der Waals surface area (Å²) in [6, 6.07) is 6.98. The molecule has 4 heteroatoms. The molecule has 1 atom stereocenters. The van der Waals surface area contributed by atoms with E-state index in [4.69, 9.17) is 5.26 Å². The molecule has 3 nitrogen and oxygen atoms in total. The van der Waals surface area contributed by atoms with Gasteiger partial charge in [-0.15, -0.1) is 0 Å². The molecule has 0 saturated carbocycles. The summed E-state index contributed by atoms with van der Waals surface area (Å²) in [5.74, 6) is -0.205. The Morgan fingerprint density at radius 2 is 2.31 bits per heavy atom. The minimum Gasteiger partial charge on any atom is -0.336 e. The zero-order chi connectivity index (χ0) is 12.1. The van der Waals surface area contributed by atoms with E-state index in [-0.39, 0.29) is 5.91 Å². The summed E-state index contributed by atoms with van der Waals surface area (Å²) in [7, 11) is 0. The third-order valence-corrected chi connectivity index (χ3v) is 3.18. The van der Waals surface area contributed by atoms with Crippen molar-refractivity contribution in [2.75, 3.05) is 0 Å². The maximum absolute atomic E-state index is 11.8. The summed E-state index contributed by atoms with van der Waals surface area (Å²) in [5.41, 5.74) is 1.58. The van der Waals surface area contributed by atoms with Crippen LogP contribution in [-0.4, -0.2) is 11.9 Å². The number of benzene rings is 1. The van der Waals surface area contributed by atoms with E-state index in [2.05, 4.69) is 21.2 Å². The van der Waals surface area contributed by atoms with Crippen LogP contribution in [0.4, 0.5) is 0 Å². The predicted octanol–water partition coefficient (Wildman–Crippen LogP) is 2.79. The summed E-state index contributed by atoms with van der Waals surface area (Å²) in [6.07, 6.45) is 0.609. The van der Waals surface area contributed by atoms with Gasteiger partial charge in [-0.25, -0.2) is 0 Å². The lowest BCUT2D eigenvalue weighted by atomic mass is 10.1. The van der Waals surface area contributed by atoms with E-state index in [0.29, 0.717) is 12.0 Å². The molecule has 1 aromatic rings. The molecule has 1 N–H and O–H groups in total. The molecule has 0 fully saturated rings. The van der Waals surface area contributed by atoms with Crippen LogP contribution in [-0.2, 0) is 0 Å². The third-order valence-electron chi connectivity index (χ3n) is 2.29. The summed E-state index contributed by atoms with van der Waals surface area (Å²) >= 11 is 3.37. The van der Waals surface area contributed by atoms with E-state index in [9.17, 15) is 4.79 Å². The van der Waals surface area contributed by atoms with Gasteiger partial charge in [-0.05, 0) is 37.1 Å². The van der Waals surface area contributed by atoms with Crippen LogP contribution in [0.1, 0.15) is 29.3 Å². The van der Waals surface area contributed by atoms with Crippen LogP contribution in [0.2, 0.25) is 0 Å². The van der Waals surface area contributed by atoms with Crippen molar-refractivity contribution in [2.45, 2.75) is 26.3 Å². The number of aryl methyl sites for hydroxylation is 1. The van der Waals surface area contributed by atoms with Crippen molar-refractivity contribution in [3.8, 4) is 6.07 Å². The topological polar surface area (TPSA) is 52.9 Å². The van der Waals surface area contributed by atoms with Crippen LogP contribution in [0.25, 0.3) is 0 Å². The highest BCUT2D eigenvalue weighted by Crippen LogP contribution is 2.17. The number of halogens is 1. The summed E-state index contributed by atoms with van der Waals surface area (Å²) in [5, 5.41) is 11.4. The molecule has 0 spiro atoms. The Balaban J connectivity index is 2.81. The molecular weight excluding hydrogens is 268 g/mol. The fourth-order valence-electron chi connectivity index (χ4n) is 1.25. The quantitative estimate of drug-likeness (QED) is 0.926. The lowest BCUT2D eigenvalue weighted by Gasteiger charge is -2.09. The largest absolute Gasteiger partial charge is 0.336 e. The van der Waals surface area contributed by atoms with Crippen LogP contribution in [0.5, 0.6) is 0 Å². The van der Waals surface area contributed by atoms with Crippen molar-refractivity contribution in [1.29, 1.82) is 5.26 Å². The molecular formula is C12H13BrN2O. The molecule has 0 aromatic heterocycles. The first-order chi connectivity index (χ1) is 7.58.